The van der Waals surface area contributed by atoms with Gasteiger partial charge in [0.25, 0.3) is 0 Å². The van der Waals surface area contributed by atoms with E-state index in [0.717, 1.165) is 0 Å². The quantitative estimate of drug-likeness (QED) is 0.474. The van der Waals surface area contributed by atoms with Crippen molar-refractivity contribution in [3.8, 4) is 0 Å². The minimum Gasteiger partial charge on any atom is -0.337 e. The van der Waals surface area contributed by atoms with Crippen LogP contribution in [0, 0.1) is 5.82 Å². The molecule has 0 bridgehead atoms. The van der Waals surface area contributed by atoms with Crippen molar-refractivity contribution in [1.82, 2.24) is 19.8 Å². The van der Waals surface area contributed by atoms with E-state index in [1.165, 1.54) is 22.7 Å². The van der Waals surface area contributed by atoms with E-state index in [2.05, 4.69) is 20.6 Å². The topological polar surface area (TPSA) is 89.2 Å². The second-order valence-corrected chi connectivity index (χ2v) is 8.39. The largest absolute Gasteiger partial charge is 0.337 e. The maximum Gasteiger partial charge on any atom is 0.229 e. The fourth-order valence-corrected chi connectivity index (χ4v) is 4.47. The molecule has 5 aromatic rings. The highest BCUT2D eigenvalue weighted by molar-refractivity contribution is 7.91. The summed E-state index contributed by atoms with van der Waals surface area (Å²) in [4.78, 5) is 4.56. The fraction of sp³-hybridized carbons (Fsp3) is 0. The fourth-order valence-electron chi connectivity index (χ4n) is 3.22. The number of hydrogen-bond acceptors (Lipinski definition) is 6. The van der Waals surface area contributed by atoms with E-state index in [4.69, 9.17) is 0 Å². The Morgan fingerprint density at radius 3 is 2.37 bits per heavy atom. The van der Waals surface area contributed by atoms with Gasteiger partial charge in [0.05, 0.1) is 16.1 Å². The van der Waals surface area contributed by atoms with Crippen LogP contribution < -0.4 is 5.32 Å². The molecular weight excluding hydrogens is 405 g/mol. The summed E-state index contributed by atoms with van der Waals surface area (Å²) in [5.41, 5.74) is 0.860. The highest BCUT2D eigenvalue weighted by Gasteiger charge is 2.27. The van der Waals surface area contributed by atoms with Crippen LogP contribution in [0.5, 0.6) is 0 Å². The number of aromatic nitrogens is 4. The van der Waals surface area contributed by atoms with Crippen LogP contribution in [0.15, 0.2) is 88.8 Å². The summed E-state index contributed by atoms with van der Waals surface area (Å²) in [6, 6.07) is 21.3. The molecule has 0 radical (unpaired) electrons. The first-order valence-electron chi connectivity index (χ1n) is 9.01. The lowest BCUT2D eigenvalue weighted by atomic mass is 10.2. The maximum absolute atomic E-state index is 14.2. The Balaban J connectivity index is 1.77. The maximum atomic E-state index is 14.2. The molecule has 0 aliphatic rings. The molecule has 0 atom stereocenters. The van der Waals surface area contributed by atoms with Crippen LogP contribution in [0.1, 0.15) is 0 Å². The average molecular weight is 419 g/mol. The second-order valence-electron chi connectivity index (χ2n) is 6.53. The van der Waals surface area contributed by atoms with E-state index in [9.17, 15) is 12.8 Å². The summed E-state index contributed by atoms with van der Waals surface area (Å²) >= 11 is 0. The molecule has 7 nitrogen and oxygen atoms in total. The number of rotatable bonds is 4. The summed E-state index contributed by atoms with van der Waals surface area (Å²) in [5.74, 6) is -0.151. The number of nitrogens with zero attached hydrogens (tertiary/aromatic N) is 4. The highest BCUT2D eigenvalue weighted by atomic mass is 32.2. The minimum atomic E-state index is -3.95. The molecule has 9 heteroatoms. The number of para-hydroxylation sites is 2. The van der Waals surface area contributed by atoms with Gasteiger partial charge < -0.3 is 5.32 Å². The van der Waals surface area contributed by atoms with E-state index in [1.54, 1.807) is 60.7 Å². The zero-order chi connectivity index (χ0) is 20.7. The Kier molecular flexibility index (Phi) is 4.18. The lowest BCUT2D eigenvalue weighted by Crippen LogP contribution is -2.06. The molecule has 5 rings (SSSR count). The van der Waals surface area contributed by atoms with E-state index in [1.807, 2.05) is 0 Å². The minimum absolute atomic E-state index is 0.0522. The Bertz CT molecular complexity index is 1500. The third kappa shape index (κ3) is 2.87. The SMILES string of the molecule is O=S(=O)(c1ccccc1)c1nnn2c1nc(Nc1ccccc1F)c1ccccc12. The Morgan fingerprint density at radius 1 is 0.867 bits per heavy atom. The smallest absolute Gasteiger partial charge is 0.229 e. The number of anilines is 2. The lowest BCUT2D eigenvalue weighted by molar-refractivity contribution is 0.592. The average Bonchev–Trinajstić information content (AvgIpc) is 3.21. The van der Waals surface area contributed by atoms with Gasteiger partial charge in [-0.25, -0.2) is 17.8 Å². The molecule has 3 aromatic carbocycles. The van der Waals surface area contributed by atoms with Crippen molar-refractivity contribution < 1.29 is 12.8 Å². The van der Waals surface area contributed by atoms with Gasteiger partial charge in [-0.2, -0.15) is 4.52 Å². The van der Waals surface area contributed by atoms with Gasteiger partial charge in [0, 0.05) is 5.39 Å². The Labute approximate surface area is 170 Å². The predicted octanol–water partition coefficient (Wildman–Crippen LogP) is 3.99. The molecule has 0 saturated carbocycles. The van der Waals surface area contributed by atoms with Gasteiger partial charge in [0.15, 0.2) is 5.65 Å². The van der Waals surface area contributed by atoms with Gasteiger partial charge in [-0.3, -0.25) is 0 Å². The Hall–Kier alpha value is -3.85. The van der Waals surface area contributed by atoms with E-state index in [0.29, 0.717) is 16.7 Å². The Morgan fingerprint density at radius 2 is 1.57 bits per heavy atom. The van der Waals surface area contributed by atoms with Crippen molar-refractivity contribution in [2.45, 2.75) is 9.92 Å². The van der Waals surface area contributed by atoms with Gasteiger partial charge in [0.2, 0.25) is 14.9 Å². The van der Waals surface area contributed by atoms with Crippen molar-refractivity contribution in [3.63, 3.8) is 0 Å². The van der Waals surface area contributed by atoms with Crippen LogP contribution in [-0.4, -0.2) is 28.2 Å². The van der Waals surface area contributed by atoms with Crippen molar-refractivity contribution in [2.24, 2.45) is 0 Å². The third-order valence-corrected chi connectivity index (χ3v) is 6.32. The van der Waals surface area contributed by atoms with Gasteiger partial charge in [-0.15, -0.1) is 5.10 Å². The number of fused-ring (bicyclic) bond motifs is 3. The predicted molar refractivity (Wildman–Crippen MR) is 110 cm³/mol. The van der Waals surface area contributed by atoms with E-state index in [-0.39, 0.29) is 21.3 Å². The standard InChI is InChI=1S/C21H14FN5O2S/c22-16-11-5-6-12-17(16)23-19-15-10-4-7-13-18(15)27-20(24-19)21(25-26-27)30(28,29)14-8-2-1-3-9-14/h1-13H,(H,23,24). The van der Waals surface area contributed by atoms with Crippen molar-refractivity contribution >= 4 is 37.9 Å². The molecule has 0 aliphatic carbocycles. The van der Waals surface area contributed by atoms with Crippen molar-refractivity contribution in [1.29, 1.82) is 0 Å². The summed E-state index contributed by atoms with van der Waals surface area (Å²) in [6.45, 7) is 0. The molecule has 0 amide bonds. The van der Waals surface area contributed by atoms with E-state index < -0.39 is 15.7 Å². The number of nitrogens with one attached hydrogen (secondary N) is 1. The van der Waals surface area contributed by atoms with Gasteiger partial charge >= 0.3 is 0 Å². The van der Waals surface area contributed by atoms with Gasteiger partial charge in [0.1, 0.15) is 11.6 Å². The van der Waals surface area contributed by atoms with E-state index >= 15 is 0 Å². The first-order valence-corrected chi connectivity index (χ1v) is 10.5. The third-order valence-electron chi connectivity index (χ3n) is 4.66. The summed E-state index contributed by atoms with van der Waals surface area (Å²) < 4.78 is 41.8. The molecule has 0 spiro atoms. The first-order chi connectivity index (χ1) is 14.6. The van der Waals surface area contributed by atoms with Crippen molar-refractivity contribution in [3.05, 3.63) is 84.7 Å². The number of hydrogen-bond donors (Lipinski definition) is 1. The van der Waals surface area contributed by atoms with Crippen LogP contribution in [0.4, 0.5) is 15.9 Å². The zero-order valence-corrected chi connectivity index (χ0v) is 16.2. The molecule has 0 unspecified atom stereocenters. The zero-order valence-electron chi connectivity index (χ0n) is 15.4. The van der Waals surface area contributed by atoms with Crippen LogP contribution in [0.2, 0.25) is 0 Å². The molecule has 30 heavy (non-hydrogen) atoms. The number of sulfone groups is 1. The molecule has 0 aliphatic heterocycles. The van der Waals surface area contributed by atoms with Crippen LogP contribution in [0.25, 0.3) is 16.6 Å². The number of benzene rings is 3. The highest BCUT2D eigenvalue weighted by Crippen LogP contribution is 2.30. The monoisotopic (exact) mass is 419 g/mol. The van der Waals surface area contributed by atoms with Gasteiger partial charge in [-0.1, -0.05) is 47.7 Å². The second kappa shape index (κ2) is 6.89. The van der Waals surface area contributed by atoms with Crippen LogP contribution >= 0.6 is 0 Å². The van der Waals surface area contributed by atoms with Crippen molar-refractivity contribution in [2.75, 3.05) is 5.32 Å². The normalized spacial score (nSPS) is 11.8. The molecule has 0 fully saturated rings. The van der Waals surface area contributed by atoms with Crippen LogP contribution in [-0.2, 0) is 9.84 Å². The molecule has 2 aromatic heterocycles. The number of halogens is 1. The summed E-state index contributed by atoms with van der Waals surface area (Å²) in [5, 5.41) is 11.3. The molecular formula is C21H14FN5O2S. The molecule has 148 valence electrons. The molecule has 1 N–H and O–H groups in total. The lowest BCUT2D eigenvalue weighted by Gasteiger charge is -2.11. The first kappa shape index (κ1) is 18.2. The summed E-state index contributed by atoms with van der Waals surface area (Å²) in [7, 11) is -3.95. The van der Waals surface area contributed by atoms with Crippen LogP contribution in [0.3, 0.4) is 0 Å². The molecule has 2 heterocycles. The van der Waals surface area contributed by atoms with Gasteiger partial charge in [-0.05, 0) is 36.4 Å². The summed E-state index contributed by atoms with van der Waals surface area (Å²) in [6.07, 6.45) is 0. The molecule has 0 saturated heterocycles.